The Morgan fingerprint density at radius 3 is 2.62 bits per heavy atom. The molecule has 29 heavy (non-hydrogen) atoms. The number of aryl methyl sites for hydroxylation is 1. The monoisotopic (exact) mass is 392 g/mol. The molecule has 1 saturated heterocycles. The molecule has 0 radical (unpaired) electrons. The van der Waals surface area contributed by atoms with Crippen LogP contribution in [0.4, 0.5) is 11.5 Å². The molecule has 7 heteroatoms. The highest BCUT2D eigenvalue weighted by atomic mass is 16.5. The minimum absolute atomic E-state index is 0.390. The molecule has 3 aromatic rings. The van der Waals surface area contributed by atoms with Crippen LogP contribution in [0.2, 0.25) is 0 Å². The Balaban J connectivity index is 1.59. The van der Waals surface area contributed by atoms with Gasteiger partial charge in [-0.2, -0.15) is 5.10 Å². The molecule has 0 bridgehead atoms. The number of hydrogen-bond donors (Lipinski definition) is 2. The molecule has 3 N–H and O–H groups in total. The molecule has 0 unspecified atom stereocenters. The molecule has 0 spiro atoms. The Kier molecular flexibility index (Phi) is 5.57. The standard InChI is InChI=1S/C22H24N4O3/c1-14-5-6-16(29-14)13-18-17(22(23)27)3-2-4-20(18)24-21-8-7-19(25-26-21)15-9-11-28-12-10-15/h2-8,15H,9-13H2,1H3,(H2,23,27)(H,24,26). The van der Waals surface area contributed by atoms with Crippen molar-refractivity contribution < 1.29 is 13.9 Å². The smallest absolute Gasteiger partial charge is 0.249 e. The highest BCUT2D eigenvalue weighted by Gasteiger charge is 2.18. The lowest BCUT2D eigenvalue weighted by atomic mass is 9.96. The maximum atomic E-state index is 12.0. The zero-order valence-corrected chi connectivity index (χ0v) is 16.4. The van der Waals surface area contributed by atoms with Crippen LogP contribution in [-0.2, 0) is 11.2 Å². The number of anilines is 2. The Morgan fingerprint density at radius 2 is 1.97 bits per heavy atom. The van der Waals surface area contributed by atoms with Crippen molar-refractivity contribution >= 4 is 17.4 Å². The van der Waals surface area contributed by atoms with Crippen LogP contribution < -0.4 is 11.1 Å². The van der Waals surface area contributed by atoms with Gasteiger partial charge in [-0.25, -0.2) is 0 Å². The second-order valence-corrected chi connectivity index (χ2v) is 7.24. The first-order chi connectivity index (χ1) is 14.1. The van der Waals surface area contributed by atoms with Crippen molar-refractivity contribution in [1.29, 1.82) is 0 Å². The summed E-state index contributed by atoms with van der Waals surface area (Å²) in [7, 11) is 0. The molecule has 4 rings (SSSR count). The minimum atomic E-state index is -0.479. The summed E-state index contributed by atoms with van der Waals surface area (Å²) in [6, 6.07) is 13.1. The molecule has 1 fully saturated rings. The number of benzene rings is 1. The largest absolute Gasteiger partial charge is 0.466 e. The molecule has 1 aromatic carbocycles. The molecule has 0 atom stereocenters. The Morgan fingerprint density at radius 1 is 1.14 bits per heavy atom. The van der Waals surface area contributed by atoms with E-state index >= 15 is 0 Å². The number of furan rings is 1. The first-order valence-electron chi connectivity index (χ1n) is 9.75. The number of aromatic nitrogens is 2. The summed E-state index contributed by atoms with van der Waals surface area (Å²) >= 11 is 0. The molecule has 1 aliphatic heterocycles. The Labute approximate surface area is 169 Å². The lowest BCUT2D eigenvalue weighted by Crippen LogP contribution is -2.16. The van der Waals surface area contributed by atoms with Gasteiger partial charge in [-0.15, -0.1) is 5.10 Å². The van der Waals surface area contributed by atoms with E-state index in [1.54, 1.807) is 12.1 Å². The third-order valence-corrected chi connectivity index (χ3v) is 5.18. The van der Waals surface area contributed by atoms with Gasteiger partial charge in [0.15, 0.2) is 5.82 Å². The summed E-state index contributed by atoms with van der Waals surface area (Å²) in [4.78, 5) is 12.0. The maximum Gasteiger partial charge on any atom is 0.249 e. The van der Waals surface area contributed by atoms with Crippen molar-refractivity contribution in [2.24, 2.45) is 5.73 Å². The summed E-state index contributed by atoms with van der Waals surface area (Å²) < 4.78 is 11.1. The summed E-state index contributed by atoms with van der Waals surface area (Å²) in [5.74, 6) is 2.11. The number of amides is 1. The van der Waals surface area contributed by atoms with Gasteiger partial charge in [0.1, 0.15) is 11.5 Å². The third-order valence-electron chi connectivity index (χ3n) is 5.18. The van der Waals surface area contributed by atoms with Gasteiger partial charge in [0, 0.05) is 36.8 Å². The second-order valence-electron chi connectivity index (χ2n) is 7.24. The number of ether oxygens (including phenoxy) is 1. The van der Waals surface area contributed by atoms with E-state index < -0.39 is 5.91 Å². The zero-order valence-electron chi connectivity index (χ0n) is 16.4. The van der Waals surface area contributed by atoms with E-state index in [1.165, 1.54) is 0 Å². The molecule has 0 saturated carbocycles. The maximum absolute atomic E-state index is 12.0. The zero-order chi connectivity index (χ0) is 20.2. The van der Waals surface area contributed by atoms with Crippen molar-refractivity contribution in [3.8, 4) is 0 Å². The molecular formula is C22H24N4O3. The number of nitrogens with one attached hydrogen (secondary N) is 1. The summed E-state index contributed by atoms with van der Waals surface area (Å²) in [6.07, 6.45) is 2.38. The summed E-state index contributed by atoms with van der Waals surface area (Å²) in [5, 5.41) is 12.0. The van der Waals surface area contributed by atoms with Crippen LogP contribution in [0.1, 0.15) is 51.9 Å². The number of rotatable bonds is 6. The van der Waals surface area contributed by atoms with Gasteiger partial charge in [0.2, 0.25) is 5.91 Å². The minimum Gasteiger partial charge on any atom is -0.466 e. The lowest BCUT2D eigenvalue weighted by molar-refractivity contribution is 0.0843. The van der Waals surface area contributed by atoms with E-state index in [0.717, 1.165) is 54.5 Å². The Hall–Kier alpha value is -3.19. The molecular weight excluding hydrogens is 368 g/mol. The van der Waals surface area contributed by atoms with Gasteiger partial charge in [-0.3, -0.25) is 4.79 Å². The van der Waals surface area contributed by atoms with Crippen molar-refractivity contribution in [1.82, 2.24) is 10.2 Å². The average Bonchev–Trinajstić information content (AvgIpc) is 3.15. The first kappa shape index (κ1) is 19.1. The Bertz CT molecular complexity index is 992. The summed E-state index contributed by atoms with van der Waals surface area (Å²) in [6.45, 7) is 3.42. The quantitative estimate of drug-likeness (QED) is 0.663. The normalized spacial score (nSPS) is 14.7. The van der Waals surface area contributed by atoms with Gasteiger partial charge in [-0.1, -0.05) is 6.07 Å². The molecule has 3 heterocycles. The van der Waals surface area contributed by atoms with Gasteiger partial charge in [-0.05, 0) is 61.7 Å². The van der Waals surface area contributed by atoms with Gasteiger partial charge < -0.3 is 20.2 Å². The summed E-state index contributed by atoms with van der Waals surface area (Å²) in [5.41, 5.74) is 8.56. The molecule has 1 aliphatic rings. The van der Waals surface area contributed by atoms with Crippen LogP contribution >= 0.6 is 0 Å². The molecule has 150 valence electrons. The second kappa shape index (κ2) is 8.45. The van der Waals surface area contributed by atoms with Gasteiger partial charge in [0.25, 0.3) is 0 Å². The fraction of sp³-hybridized carbons (Fsp3) is 0.318. The van der Waals surface area contributed by atoms with E-state index in [-0.39, 0.29) is 0 Å². The average molecular weight is 392 g/mol. The number of carbonyl (C=O) groups excluding carboxylic acids is 1. The van der Waals surface area contributed by atoms with E-state index in [0.29, 0.717) is 23.7 Å². The fourth-order valence-corrected chi connectivity index (χ4v) is 3.64. The van der Waals surface area contributed by atoms with E-state index in [9.17, 15) is 4.79 Å². The van der Waals surface area contributed by atoms with Crippen LogP contribution in [0.3, 0.4) is 0 Å². The van der Waals surface area contributed by atoms with E-state index in [2.05, 4.69) is 15.5 Å². The lowest BCUT2D eigenvalue weighted by Gasteiger charge is -2.21. The van der Waals surface area contributed by atoms with Crippen LogP contribution in [0.15, 0.2) is 46.9 Å². The highest BCUT2D eigenvalue weighted by Crippen LogP contribution is 2.28. The van der Waals surface area contributed by atoms with E-state index in [4.69, 9.17) is 14.9 Å². The fourth-order valence-electron chi connectivity index (χ4n) is 3.64. The number of carbonyl (C=O) groups is 1. The molecule has 1 amide bonds. The topological polar surface area (TPSA) is 103 Å². The molecule has 2 aromatic heterocycles. The SMILES string of the molecule is Cc1ccc(Cc2c(Nc3ccc(C4CCOCC4)nn3)cccc2C(N)=O)o1. The van der Waals surface area contributed by atoms with Crippen molar-refractivity contribution in [3.63, 3.8) is 0 Å². The first-order valence-corrected chi connectivity index (χ1v) is 9.75. The predicted molar refractivity (Wildman–Crippen MR) is 109 cm³/mol. The van der Waals surface area contributed by atoms with Crippen LogP contribution in [0.25, 0.3) is 0 Å². The van der Waals surface area contributed by atoms with Crippen molar-refractivity contribution in [2.45, 2.75) is 32.1 Å². The van der Waals surface area contributed by atoms with Gasteiger partial charge in [0.05, 0.1) is 5.69 Å². The predicted octanol–water partition coefficient (Wildman–Crippen LogP) is 3.71. The third kappa shape index (κ3) is 4.46. The van der Waals surface area contributed by atoms with Crippen molar-refractivity contribution in [2.75, 3.05) is 18.5 Å². The molecule has 7 nitrogen and oxygen atoms in total. The van der Waals surface area contributed by atoms with E-state index in [1.807, 2.05) is 37.3 Å². The van der Waals surface area contributed by atoms with Crippen LogP contribution in [0.5, 0.6) is 0 Å². The molecule has 0 aliphatic carbocycles. The number of hydrogen-bond acceptors (Lipinski definition) is 6. The van der Waals surface area contributed by atoms with Gasteiger partial charge >= 0.3 is 0 Å². The van der Waals surface area contributed by atoms with Crippen LogP contribution in [-0.4, -0.2) is 29.3 Å². The van der Waals surface area contributed by atoms with Crippen LogP contribution in [0, 0.1) is 6.92 Å². The highest BCUT2D eigenvalue weighted by molar-refractivity contribution is 5.96. The number of nitrogens with two attached hydrogens (primary N) is 1. The number of nitrogens with zero attached hydrogens (tertiary/aromatic N) is 2. The van der Waals surface area contributed by atoms with Crippen molar-refractivity contribution in [3.05, 3.63) is 70.8 Å². The number of primary amides is 1.